The smallest absolute Gasteiger partial charge is 0.257 e. The number of aromatic nitrogens is 2. The maximum atomic E-state index is 13.1. The Morgan fingerprint density at radius 3 is 2.35 bits per heavy atom. The molecule has 1 N–H and O–H groups in total. The lowest BCUT2D eigenvalue weighted by atomic mass is 10.1. The van der Waals surface area contributed by atoms with Crippen LogP contribution in [0.2, 0.25) is 0 Å². The van der Waals surface area contributed by atoms with Gasteiger partial charge in [0.15, 0.2) is 11.5 Å². The van der Waals surface area contributed by atoms with E-state index in [9.17, 15) is 9.59 Å². The van der Waals surface area contributed by atoms with Gasteiger partial charge in [0, 0.05) is 30.1 Å². The molecule has 1 aliphatic heterocycles. The molecular formula is C27H32N4O5S. The van der Waals surface area contributed by atoms with E-state index in [0.717, 1.165) is 22.7 Å². The molecule has 1 unspecified atom stereocenters. The molecule has 1 aromatic heterocycles. The van der Waals surface area contributed by atoms with Gasteiger partial charge in [-0.15, -0.1) is 10.2 Å². The molecule has 1 aliphatic rings. The highest BCUT2D eigenvalue weighted by atomic mass is 32.1. The third-order valence-corrected chi connectivity index (χ3v) is 6.97. The van der Waals surface area contributed by atoms with Gasteiger partial charge in [-0.3, -0.25) is 14.9 Å². The predicted molar refractivity (Wildman–Crippen MR) is 143 cm³/mol. The summed E-state index contributed by atoms with van der Waals surface area (Å²) in [6, 6.07) is 11.2. The summed E-state index contributed by atoms with van der Waals surface area (Å²) in [5.41, 5.74) is 2.43. The summed E-state index contributed by atoms with van der Waals surface area (Å²) in [6.07, 6.45) is 1.20. The molecule has 1 saturated heterocycles. The summed E-state index contributed by atoms with van der Waals surface area (Å²) in [6.45, 7) is 9.47. The third-order valence-electron chi connectivity index (χ3n) is 5.97. The summed E-state index contributed by atoms with van der Waals surface area (Å²) < 4.78 is 17.1. The van der Waals surface area contributed by atoms with Crippen molar-refractivity contribution in [3.05, 3.63) is 52.5 Å². The molecule has 1 atom stereocenters. The number of nitrogens with one attached hydrogen (secondary N) is 1. The number of benzene rings is 2. The second-order valence-electron chi connectivity index (χ2n) is 8.39. The minimum absolute atomic E-state index is 0.0629. The van der Waals surface area contributed by atoms with E-state index in [2.05, 4.69) is 22.4 Å². The lowest BCUT2D eigenvalue weighted by molar-refractivity contribution is -0.117. The molecule has 0 saturated carbocycles. The summed E-state index contributed by atoms with van der Waals surface area (Å²) in [5.74, 6) is 0.966. The fourth-order valence-corrected chi connectivity index (χ4v) is 5.15. The van der Waals surface area contributed by atoms with Gasteiger partial charge < -0.3 is 19.1 Å². The second-order valence-corrected chi connectivity index (χ2v) is 9.40. The zero-order valence-corrected chi connectivity index (χ0v) is 22.4. The van der Waals surface area contributed by atoms with Crippen LogP contribution in [0.15, 0.2) is 36.4 Å². The largest absolute Gasteiger partial charge is 0.490 e. The van der Waals surface area contributed by atoms with Gasteiger partial charge in [0.05, 0.1) is 19.8 Å². The molecule has 37 heavy (non-hydrogen) atoms. The second kappa shape index (κ2) is 12.1. The Morgan fingerprint density at radius 2 is 1.70 bits per heavy atom. The average molecular weight is 525 g/mol. The van der Waals surface area contributed by atoms with Gasteiger partial charge in [-0.1, -0.05) is 36.5 Å². The Labute approximate surface area is 220 Å². The molecular weight excluding hydrogens is 492 g/mol. The summed E-state index contributed by atoms with van der Waals surface area (Å²) in [7, 11) is 0. The van der Waals surface area contributed by atoms with Gasteiger partial charge in [0.25, 0.3) is 5.91 Å². The van der Waals surface area contributed by atoms with E-state index in [0.29, 0.717) is 60.7 Å². The van der Waals surface area contributed by atoms with Gasteiger partial charge >= 0.3 is 0 Å². The number of carbonyl (C=O) groups excluding carboxylic acids is 2. The van der Waals surface area contributed by atoms with Crippen LogP contribution in [-0.2, 0) is 11.2 Å². The molecule has 4 rings (SSSR count). The maximum Gasteiger partial charge on any atom is 0.257 e. The summed E-state index contributed by atoms with van der Waals surface area (Å²) >= 11 is 1.28. The van der Waals surface area contributed by atoms with Crippen LogP contribution in [0.5, 0.6) is 17.2 Å². The number of hydrogen-bond acceptors (Lipinski definition) is 8. The van der Waals surface area contributed by atoms with Crippen molar-refractivity contribution in [1.82, 2.24) is 10.2 Å². The molecule has 0 radical (unpaired) electrons. The van der Waals surface area contributed by atoms with Crippen LogP contribution in [0.25, 0.3) is 0 Å². The average Bonchev–Trinajstić information content (AvgIpc) is 3.52. The monoisotopic (exact) mass is 524 g/mol. The van der Waals surface area contributed by atoms with Gasteiger partial charge in [-0.25, -0.2) is 0 Å². The Kier molecular flexibility index (Phi) is 8.60. The number of rotatable bonds is 11. The Hall–Kier alpha value is -3.66. The molecule has 1 fully saturated rings. The molecule has 196 valence electrons. The summed E-state index contributed by atoms with van der Waals surface area (Å²) in [5, 5.41) is 12.4. The number of ether oxygens (including phenoxy) is 3. The van der Waals surface area contributed by atoms with Crippen LogP contribution >= 0.6 is 11.3 Å². The van der Waals surface area contributed by atoms with Crippen molar-refractivity contribution in [2.75, 3.05) is 36.6 Å². The number of para-hydroxylation sites is 1. The highest BCUT2D eigenvalue weighted by Crippen LogP contribution is 2.40. The molecule has 9 nitrogen and oxygen atoms in total. The topological polar surface area (TPSA) is 103 Å². The molecule has 2 amide bonds. The molecule has 2 aromatic carbocycles. The highest BCUT2D eigenvalue weighted by Gasteiger charge is 2.34. The number of nitrogens with zero attached hydrogens (tertiary/aromatic N) is 3. The fraction of sp³-hybridized carbons (Fsp3) is 0.407. The molecule has 3 aromatic rings. The van der Waals surface area contributed by atoms with Crippen molar-refractivity contribution >= 4 is 34.0 Å². The zero-order valence-electron chi connectivity index (χ0n) is 21.6. The van der Waals surface area contributed by atoms with Crippen LogP contribution in [-0.4, -0.2) is 48.4 Å². The minimum Gasteiger partial charge on any atom is -0.490 e. The lowest BCUT2D eigenvalue weighted by Crippen LogP contribution is -2.25. The van der Waals surface area contributed by atoms with Crippen molar-refractivity contribution in [1.29, 1.82) is 0 Å². The van der Waals surface area contributed by atoms with E-state index in [-0.39, 0.29) is 17.7 Å². The Balaban J connectivity index is 1.50. The van der Waals surface area contributed by atoms with Crippen molar-refractivity contribution in [2.45, 2.75) is 46.5 Å². The van der Waals surface area contributed by atoms with Crippen LogP contribution in [0, 0.1) is 0 Å². The first kappa shape index (κ1) is 26.4. The highest BCUT2D eigenvalue weighted by molar-refractivity contribution is 7.15. The lowest BCUT2D eigenvalue weighted by Gasteiger charge is -2.19. The van der Waals surface area contributed by atoms with E-state index in [4.69, 9.17) is 14.2 Å². The maximum absolute atomic E-state index is 13.1. The fourth-order valence-electron chi connectivity index (χ4n) is 4.32. The predicted octanol–water partition coefficient (Wildman–Crippen LogP) is 5.07. The Bertz CT molecular complexity index is 1230. The van der Waals surface area contributed by atoms with E-state index >= 15 is 0 Å². The normalized spacial score (nSPS) is 15.1. The molecule has 2 heterocycles. The molecule has 10 heteroatoms. The van der Waals surface area contributed by atoms with Crippen LogP contribution in [0.1, 0.15) is 61.0 Å². The third kappa shape index (κ3) is 5.85. The van der Waals surface area contributed by atoms with Gasteiger partial charge in [-0.05, 0) is 51.0 Å². The van der Waals surface area contributed by atoms with Crippen LogP contribution in [0.4, 0.5) is 10.8 Å². The van der Waals surface area contributed by atoms with E-state index in [1.807, 2.05) is 49.9 Å². The first-order chi connectivity index (χ1) is 18.0. The van der Waals surface area contributed by atoms with Crippen molar-refractivity contribution in [3.8, 4) is 17.2 Å². The summed E-state index contributed by atoms with van der Waals surface area (Å²) in [4.78, 5) is 27.7. The number of hydrogen-bond donors (Lipinski definition) is 1. The van der Waals surface area contributed by atoms with Crippen molar-refractivity contribution in [2.24, 2.45) is 0 Å². The van der Waals surface area contributed by atoms with Gasteiger partial charge in [0.2, 0.25) is 16.8 Å². The van der Waals surface area contributed by atoms with E-state index in [1.165, 1.54) is 11.3 Å². The van der Waals surface area contributed by atoms with E-state index in [1.54, 1.807) is 12.1 Å². The standard InChI is InChI=1S/C27H32N4O5S/c1-5-17-11-9-10-12-20(17)31-16-19(15-23(31)32)26-29-30-27(37-26)28-25(33)18-13-21(34-6-2)24(36-8-4)22(14-18)35-7-3/h9-14,19H,5-8,15-16H2,1-4H3,(H,28,30,33). The van der Waals surface area contributed by atoms with E-state index < -0.39 is 0 Å². The first-order valence-electron chi connectivity index (χ1n) is 12.6. The first-order valence-corrected chi connectivity index (χ1v) is 13.4. The van der Waals surface area contributed by atoms with Crippen molar-refractivity contribution < 1.29 is 23.8 Å². The van der Waals surface area contributed by atoms with Gasteiger partial charge in [0.1, 0.15) is 5.01 Å². The number of anilines is 2. The number of amides is 2. The molecule has 0 aliphatic carbocycles. The SMILES string of the molecule is CCOc1cc(C(=O)Nc2nnc(C3CC(=O)N(c4ccccc4CC)C3)s2)cc(OCC)c1OCC. The van der Waals surface area contributed by atoms with Crippen molar-refractivity contribution in [3.63, 3.8) is 0 Å². The molecule has 0 bridgehead atoms. The Morgan fingerprint density at radius 1 is 1.03 bits per heavy atom. The van der Waals surface area contributed by atoms with Crippen LogP contribution < -0.4 is 24.4 Å². The zero-order chi connectivity index (χ0) is 26.4. The number of aryl methyl sites for hydroxylation is 1. The minimum atomic E-state index is -0.367. The van der Waals surface area contributed by atoms with Gasteiger partial charge in [-0.2, -0.15) is 0 Å². The quantitative estimate of drug-likeness (QED) is 0.374. The molecule has 0 spiro atoms. The number of carbonyl (C=O) groups is 2. The van der Waals surface area contributed by atoms with Crippen LogP contribution in [0.3, 0.4) is 0 Å².